The standard InChI is InChI=1S/C18H28BrNO4.C14H20BrNO4.C13H18BrNO4.C8H11BrN2O2.C8H15BrO2.C7H7BrO2.CH4.ClHN4/c1-17(2,3)23-15(21)8-7-9-20-12-13(19)10-14(20)11-16(22)24-18(4,5)6;1-14(2,3)20-12(17)6-5-7-16-9-10(15)8-11(16)13(18)19-4;1-13(2,3)19-11(16)5-4-6-15-8-9(14)7-10(15)12(17)18;9-6-4-7(10)11(5-6)3-1-2-8(12)13;1-8(2,3)11-7(10)5-4-6-9;1-10-7(9)5-2-3-6(8)4-5;;1-3-5-4-2/h10,12H,7-9,11H2,1-6H3;8-9H,5-7H2,1-4H3;7-8H,4-6H2,1-3H3,(H,17,18);4-5H,1-3,10H2,(H,12,13);4-6H2,1-3H3;3-4H,2H2,1H3;1H4;2H. The van der Waals surface area contributed by atoms with Gasteiger partial charge in [0.2, 0.25) is 0 Å². The van der Waals surface area contributed by atoms with Gasteiger partial charge >= 0.3 is 53.7 Å². The van der Waals surface area contributed by atoms with Gasteiger partial charge < -0.3 is 67.4 Å². The Kier molecular flexibility index (Phi) is 50.4. The summed E-state index contributed by atoms with van der Waals surface area (Å²) in [5.74, 6) is -2.83. The summed E-state index contributed by atoms with van der Waals surface area (Å²) in [6.07, 6.45) is 16.6. The normalized spacial score (nSPS) is 11.6. The molecule has 0 unspecified atom stereocenters. The molecule has 0 radical (unpaired) electrons. The molecule has 1 aliphatic carbocycles. The third-order valence-corrected chi connectivity index (χ3v) is 14.5. The number of carboxylic acid groups (broad SMARTS) is 2. The molecule has 5 rings (SSSR count). The highest BCUT2D eigenvalue weighted by atomic mass is 79.9. The zero-order valence-electron chi connectivity index (χ0n) is 61.1. The molecule has 4 heterocycles. The maximum Gasteiger partial charge on any atom is 0.354 e. The van der Waals surface area contributed by atoms with Gasteiger partial charge in [0.25, 0.3) is 0 Å². The lowest BCUT2D eigenvalue weighted by Gasteiger charge is -2.20. The second-order valence-electron chi connectivity index (χ2n) is 26.8. The van der Waals surface area contributed by atoms with E-state index in [1.807, 2.05) is 138 Å². The number of carbonyl (C=O) groups excluding carboxylic acids is 7. The summed E-state index contributed by atoms with van der Waals surface area (Å²) >= 11 is 24.3. The van der Waals surface area contributed by atoms with Gasteiger partial charge in [-0.15, -0.1) is 0 Å². The van der Waals surface area contributed by atoms with E-state index in [-0.39, 0.29) is 73.8 Å². The van der Waals surface area contributed by atoms with E-state index < -0.39 is 40.3 Å². The van der Waals surface area contributed by atoms with Crippen molar-refractivity contribution in [1.29, 1.82) is 5.53 Å². The van der Waals surface area contributed by atoms with Crippen LogP contribution in [0.15, 0.2) is 104 Å². The molecule has 4 aromatic rings. The molecule has 0 bridgehead atoms. The molecule has 4 aromatic heterocycles. The van der Waals surface area contributed by atoms with Crippen LogP contribution in [-0.4, -0.2) is 130 Å². The SMILES string of the molecule is C.CC(C)(C)OC(=O)CCCBr.CC(C)(C)OC(=O)CCCn1cc(Br)cc1C(=O)O.CC(C)(C)OC(=O)CCCn1cc(Br)cc1CC(=O)OC(C)(C)C.COC(=O)C1=CC(Br)=CC1.COC(=O)c1cc(Br)cn1CCCC(=O)OC(C)(C)C.N=NN=NCl.Nc1cc(Br)cn1CCCC(=O)O. The molecule has 0 spiro atoms. The number of allylic oxidation sites excluding steroid dienone is 3. The highest BCUT2D eigenvalue weighted by Crippen LogP contribution is 2.24. The van der Waals surface area contributed by atoms with Gasteiger partial charge in [0.05, 0.1) is 32.4 Å². The van der Waals surface area contributed by atoms with Crippen LogP contribution in [0.25, 0.3) is 0 Å². The van der Waals surface area contributed by atoms with Crippen molar-refractivity contribution >= 4 is 167 Å². The van der Waals surface area contributed by atoms with Crippen molar-refractivity contribution in [3.63, 3.8) is 0 Å². The Labute approximate surface area is 661 Å². The number of aromatic carboxylic acids is 1. The molecule has 103 heavy (non-hydrogen) atoms. The van der Waals surface area contributed by atoms with Crippen LogP contribution in [-0.2, 0) is 99.3 Å². The topological polar surface area (TPSA) is 365 Å². The molecule has 0 fully saturated rings. The second-order valence-corrected chi connectivity index (χ2v) is 32.3. The number of aromatic nitrogens is 4. The monoisotopic (exact) mass is 1860 g/mol. The molecule has 27 nitrogen and oxygen atoms in total. The summed E-state index contributed by atoms with van der Waals surface area (Å²) in [6.45, 7) is 30.0. The first-order valence-electron chi connectivity index (χ1n) is 31.9. The third kappa shape index (κ3) is 53.4. The minimum atomic E-state index is -0.983. The predicted molar refractivity (Wildman–Crippen MR) is 416 cm³/mol. The Bertz CT molecular complexity index is 3420. The van der Waals surface area contributed by atoms with Crippen molar-refractivity contribution in [2.75, 3.05) is 25.3 Å². The fourth-order valence-electron chi connectivity index (χ4n) is 7.99. The maximum atomic E-state index is 12.0. The van der Waals surface area contributed by atoms with Crippen LogP contribution in [0.2, 0.25) is 0 Å². The molecule has 582 valence electrons. The predicted octanol–water partition coefficient (Wildman–Crippen LogP) is 18.6. The first-order valence-corrected chi connectivity index (χ1v) is 37.3. The third-order valence-electron chi connectivity index (χ3n) is 11.6. The number of carbonyl (C=O) groups is 9. The average molecular weight is 1860 g/mol. The zero-order chi connectivity index (χ0) is 78.9. The Morgan fingerprint density at radius 1 is 0.515 bits per heavy atom. The molecule has 34 heteroatoms. The van der Waals surface area contributed by atoms with Crippen LogP contribution in [0.3, 0.4) is 0 Å². The van der Waals surface area contributed by atoms with Gasteiger partial charge in [-0.05, 0) is 247 Å². The quantitative estimate of drug-likeness (QED) is 0.0157. The lowest BCUT2D eigenvalue weighted by Crippen LogP contribution is -2.25. The van der Waals surface area contributed by atoms with Crippen molar-refractivity contribution in [3.05, 3.63) is 106 Å². The van der Waals surface area contributed by atoms with Crippen LogP contribution in [0, 0.1) is 5.53 Å². The number of rotatable bonds is 25. The highest BCUT2D eigenvalue weighted by molar-refractivity contribution is 9.12. The molecular formula is C69H104Br6ClN9O18. The number of alkyl halides is 1. The first kappa shape index (κ1) is 101. The lowest BCUT2D eigenvalue weighted by molar-refractivity contribution is -0.156. The summed E-state index contributed by atoms with van der Waals surface area (Å²) < 4.78 is 49.4. The van der Waals surface area contributed by atoms with Crippen molar-refractivity contribution in [3.8, 4) is 0 Å². The van der Waals surface area contributed by atoms with Gasteiger partial charge in [0.1, 0.15) is 45.2 Å². The van der Waals surface area contributed by atoms with E-state index in [4.69, 9.17) is 49.9 Å². The number of anilines is 1. The number of ether oxygens (including phenoxy) is 7. The Hall–Kier alpha value is -6.00. The second kappa shape index (κ2) is 51.3. The average Bonchev–Trinajstić information content (AvgIpc) is 1.74. The van der Waals surface area contributed by atoms with Crippen molar-refractivity contribution in [2.45, 2.75) is 243 Å². The maximum absolute atomic E-state index is 12.0. The van der Waals surface area contributed by atoms with Gasteiger partial charge in [0.15, 0.2) is 0 Å². The minimum Gasteiger partial charge on any atom is -0.481 e. The van der Waals surface area contributed by atoms with Crippen LogP contribution < -0.4 is 5.73 Å². The number of carboxylic acids is 2. The van der Waals surface area contributed by atoms with E-state index in [1.165, 1.54) is 20.3 Å². The fraction of sp³-hybridized carbons (Fsp3) is 0.580. The van der Waals surface area contributed by atoms with E-state index in [0.717, 1.165) is 35.3 Å². The van der Waals surface area contributed by atoms with Gasteiger partial charge in [-0.2, -0.15) is 5.53 Å². The smallest absolute Gasteiger partial charge is 0.354 e. The van der Waals surface area contributed by atoms with Gasteiger partial charge in [-0.3, -0.25) is 28.8 Å². The first-order chi connectivity index (χ1) is 47.0. The number of halogens is 7. The van der Waals surface area contributed by atoms with Crippen molar-refractivity contribution < 1.29 is 86.5 Å². The Balaban J connectivity index is -0.00000117. The number of hydrogen-bond acceptors (Lipinski definition) is 19. The van der Waals surface area contributed by atoms with E-state index in [9.17, 15) is 43.2 Å². The molecular weight excluding hydrogens is 1760 g/mol. The molecule has 0 atom stereocenters. The van der Waals surface area contributed by atoms with E-state index >= 15 is 0 Å². The Morgan fingerprint density at radius 3 is 1.20 bits per heavy atom. The van der Waals surface area contributed by atoms with Gasteiger partial charge in [-0.25, -0.2) is 14.4 Å². The molecule has 0 saturated carbocycles. The summed E-state index contributed by atoms with van der Waals surface area (Å²) in [5, 5.41) is 23.4. The van der Waals surface area contributed by atoms with E-state index in [0.29, 0.717) is 99.1 Å². The molecule has 0 amide bonds. The number of nitrogen functional groups attached to an aromatic ring is 1. The summed E-state index contributed by atoms with van der Waals surface area (Å²) in [4.78, 5) is 101. The van der Waals surface area contributed by atoms with Crippen LogP contribution in [0.1, 0.15) is 209 Å². The summed E-state index contributed by atoms with van der Waals surface area (Å²) in [5.41, 5.74) is 11.5. The number of hydrogen-bond donors (Lipinski definition) is 4. The number of nitrogens with one attached hydrogen (secondary N) is 1. The molecule has 0 saturated heterocycles. The number of aryl methyl sites for hydroxylation is 4. The zero-order valence-corrected chi connectivity index (χ0v) is 71.3. The summed E-state index contributed by atoms with van der Waals surface area (Å²) in [7, 11) is 2.73. The number of methoxy groups -OCH3 is 2. The molecule has 0 aliphatic heterocycles. The highest BCUT2D eigenvalue weighted by Gasteiger charge is 2.23. The number of nitrogens with two attached hydrogens (primary N) is 1. The van der Waals surface area contributed by atoms with Crippen LogP contribution in [0.4, 0.5) is 5.82 Å². The minimum absolute atomic E-state index is 0. The number of nitrogens with zero attached hydrogens (tertiary/aromatic N) is 7. The molecule has 5 N–H and O–H groups in total. The van der Waals surface area contributed by atoms with Gasteiger partial charge in [-0.1, -0.05) is 50.0 Å². The van der Waals surface area contributed by atoms with Crippen molar-refractivity contribution in [2.24, 2.45) is 15.1 Å². The van der Waals surface area contributed by atoms with E-state index in [1.54, 1.807) is 39.7 Å². The van der Waals surface area contributed by atoms with E-state index in [2.05, 4.69) is 127 Å². The molecule has 1 aliphatic rings. The largest absolute Gasteiger partial charge is 0.481 e. The lowest BCUT2D eigenvalue weighted by atomic mass is 10.2. The molecule has 0 aromatic carbocycles. The number of esters is 7. The summed E-state index contributed by atoms with van der Waals surface area (Å²) in [6, 6.07) is 6.92. The fourth-order valence-corrected chi connectivity index (χ4v) is 10.7. The number of aliphatic carboxylic acids is 1. The Morgan fingerprint density at radius 2 is 0.864 bits per heavy atom. The van der Waals surface area contributed by atoms with Gasteiger partial charge in [0, 0.05) is 122 Å². The van der Waals surface area contributed by atoms with Crippen LogP contribution >= 0.6 is 107 Å². The van der Waals surface area contributed by atoms with Crippen molar-refractivity contribution in [1.82, 2.24) is 18.3 Å². The van der Waals surface area contributed by atoms with Crippen LogP contribution in [0.5, 0.6) is 0 Å².